The molecule has 0 aliphatic heterocycles. The number of hydrogen-bond donors (Lipinski definition) is 2. The molecule has 19 heavy (non-hydrogen) atoms. The van der Waals surface area contributed by atoms with Crippen molar-refractivity contribution in [3.8, 4) is 0 Å². The summed E-state index contributed by atoms with van der Waals surface area (Å²) < 4.78 is 0.857. The molecule has 0 aliphatic rings. The molecular formula is C14H12BrClN2O. The van der Waals surface area contributed by atoms with Gasteiger partial charge in [0.05, 0.1) is 10.7 Å². The zero-order valence-corrected chi connectivity index (χ0v) is 12.3. The highest BCUT2D eigenvalue weighted by Crippen LogP contribution is 2.25. The summed E-state index contributed by atoms with van der Waals surface area (Å²) in [6, 6.07) is 14.7. The standard InChI is InChI=1S/C14H12BrClN2O/c15-11-6-7-12(16)13(8-11)18-14(19)17-9-10-4-2-1-3-5-10/h1-8H,9H2,(H2,17,18,19). The molecule has 3 nitrogen and oxygen atoms in total. The maximum Gasteiger partial charge on any atom is 0.319 e. The van der Waals surface area contributed by atoms with Crippen LogP contribution in [0, 0.1) is 0 Å². The predicted molar refractivity (Wildman–Crippen MR) is 81.5 cm³/mol. The van der Waals surface area contributed by atoms with E-state index in [1.807, 2.05) is 36.4 Å². The predicted octanol–water partition coefficient (Wildman–Crippen LogP) is 4.42. The summed E-state index contributed by atoms with van der Waals surface area (Å²) in [5, 5.41) is 5.98. The molecule has 2 aromatic carbocycles. The van der Waals surface area contributed by atoms with Crippen molar-refractivity contribution in [3.63, 3.8) is 0 Å². The molecule has 0 bridgehead atoms. The van der Waals surface area contributed by atoms with E-state index in [4.69, 9.17) is 11.6 Å². The third kappa shape index (κ3) is 4.26. The number of rotatable bonds is 3. The van der Waals surface area contributed by atoms with E-state index < -0.39 is 0 Å². The third-order valence-electron chi connectivity index (χ3n) is 2.47. The number of benzene rings is 2. The average Bonchev–Trinajstić information content (AvgIpc) is 2.42. The number of hydrogen-bond acceptors (Lipinski definition) is 1. The Morgan fingerprint density at radius 3 is 2.63 bits per heavy atom. The van der Waals surface area contributed by atoms with Crippen molar-refractivity contribution in [2.45, 2.75) is 6.54 Å². The molecule has 0 spiro atoms. The monoisotopic (exact) mass is 338 g/mol. The van der Waals surface area contributed by atoms with Gasteiger partial charge < -0.3 is 10.6 Å². The summed E-state index contributed by atoms with van der Waals surface area (Å²) in [7, 11) is 0. The van der Waals surface area contributed by atoms with Crippen LogP contribution in [-0.4, -0.2) is 6.03 Å². The fourth-order valence-corrected chi connectivity index (χ4v) is 2.06. The van der Waals surface area contributed by atoms with Crippen molar-refractivity contribution >= 4 is 39.2 Å². The summed E-state index contributed by atoms with van der Waals surface area (Å²) >= 11 is 9.33. The molecule has 2 aromatic rings. The number of anilines is 1. The molecule has 0 aliphatic carbocycles. The Kier molecular flexibility index (Phi) is 4.82. The van der Waals surface area contributed by atoms with E-state index in [1.165, 1.54) is 0 Å². The Labute approximate surface area is 125 Å². The Bertz CT molecular complexity index is 575. The van der Waals surface area contributed by atoms with Gasteiger partial charge in [0.25, 0.3) is 0 Å². The maximum absolute atomic E-state index is 11.8. The van der Waals surface area contributed by atoms with Gasteiger partial charge >= 0.3 is 6.03 Å². The van der Waals surface area contributed by atoms with Crippen LogP contribution < -0.4 is 10.6 Å². The first-order valence-corrected chi connectivity index (χ1v) is 6.86. The Balaban J connectivity index is 1.93. The minimum Gasteiger partial charge on any atom is -0.334 e. The lowest BCUT2D eigenvalue weighted by Gasteiger charge is -2.09. The van der Waals surface area contributed by atoms with Crippen molar-refractivity contribution in [1.82, 2.24) is 5.32 Å². The first-order chi connectivity index (χ1) is 9.15. The normalized spacial score (nSPS) is 10.0. The summed E-state index contributed by atoms with van der Waals surface area (Å²) in [6.07, 6.45) is 0. The van der Waals surface area contributed by atoms with Gasteiger partial charge in [-0.1, -0.05) is 57.9 Å². The minimum atomic E-state index is -0.288. The largest absolute Gasteiger partial charge is 0.334 e. The van der Waals surface area contributed by atoms with Crippen LogP contribution in [0.2, 0.25) is 5.02 Å². The van der Waals surface area contributed by atoms with Crippen molar-refractivity contribution in [2.75, 3.05) is 5.32 Å². The number of carbonyl (C=O) groups is 1. The zero-order chi connectivity index (χ0) is 13.7. The molecule has 0 fully saturated rings. The van der Waals surface area contributed by atoms with Crippen LogP contribution >= 0.6 is 27.5 Å². The van der Waals surface area contributed by atoms with E-state index in [1.54, 1.807) is 12.1 Å². The first-order valence-electron chi connectivity index (χ1n) is 5.69. The van der Waals surface area contributed by atoms with Crippen LogP contribution in [0.3, 0.4) is 0 Å². The van der Waals surface area contributed by atoms with Crippen molar-refractivity contribution in [2.24, 2.45) is 0 Å². The SMILES string of the molecule is O=C(NCc1ccccc1)Nc1cc(Br)ccc1Cl. The molecule has 2 N–H and O–H groups in total. The van der Waals surface area contributed by atoms with Gasteiger partial charge in [0.1, 0.15) is 0 Å². The molecule has 98 valence electrons. The van der Waals surface area contributed by atoms with E-state index in [0.717, 1.165) is 10.0 Å². The molecule has 0 radical (unpaired) electrons. The second-order valence-electron chi connectivity index (χ2n) is 3.92. The highest BCUT2D eigenvalue weighted by atomic mass is 79.9. The summed E-state index contributed by atoms with van der Waals surface area (Å²) in [6.45, 7) is 0.471. The molecule has 2 amide bonds. The molecule has 2 rings (SSSR count). The molecule has 5 heteroatoms. The fraction of sp³-hybridized carbons (Fsp3) is 0.0714. The van der Waals surface area contributed by atoms with Crippen LogP contribution in [0.15, 0.2) is 53.0 Å². The number of carbonyl (C=O) groups excluding carboxylic acids is 1. The third-order valence-corrected chi connectivity index (χ3v) is 3.30. The van der Waals surface area contributed by atoms with Gasteiger partial charge in [-0.3, -0.25) is 0 Å². The quantitative estimate of drug-likeness (QED) is 0.853. The van der Waals surface area contributed by atoms with Gasteiger partial charge in [0.2, 0.25) is 0 Å². The lowest BCUT2D eigenvalue weighted by Crippen LogP contribution is -2.28. The van der Waals surface area contributed by atoms with Gasteiger partial charge in [-0.15, -0.1) is 0 Å². The molecule has 0 saturated carbocycles. The van der Waals surface area contributed by atoms with Crippen LogP contribution in [0.4, 0.5) is 10.5 Å². The second kappa shape index (κ2) is 6.59. The van der Waals surface area contributed by atoms with E-state index in [2.05, 4.69) is 26.6 Å². The smallest absolute Gasteiger partial charge is 0.319 e. The Hall–Kier alpha value is -1.52. The Morgan fingerprint density at radius 2 is 1.89 bits per heavy atom. The Morgan fingerprint density at radius 1 is 1.16 bits per heavy atom. The van der Waals surface area contributed by atoms with Gasteiger partial charge in [-0.2, -0.15) is 0 Å². The molecule has 0 heterocycles. The summed E-state index contributed by atoms with van der Waals surface area (Å²) in [4.78, 5) is 11.8. The van der Waals surface area contributed by atoms with Gasteiger partial charge in [0.15, 0.2) is 0 Å². The lowest BCUT2D eigenvalue weighted by atomic mass is 10.2. The van der Waals surface area contributed by atoms with Crippen molar-refractivity contribution < 1.29 is 4.79 Å². The molecule has 0 aromatic heterocycles. The molecule has 0 atom stereocenters. The molecule has 0 unspecified atom stereocenters. The van der Waals surface area contributed by atoms with Crippen LogP contribution in [-0.2, 0) is 6.54 Å². The van der Waals surface area contributed by atoms with E-state index in [9.17, 15) is 4.79 Å². The number of urea groups is 1. The van der Waals surface area contributed by atoms with Gasteiger partial charge in [-0.25, -0.2) is 4.79 Å². The second-order valence-corrected chi connectivity index (χ2v) is 5.24. The van der Waals surface area contributed by atoms with E-state index in [-0.39, 0.29) is 6.03 Å². The highest BCUT2D eigenvalue weighted by Gasteiger charge is 2.05. The average molecular weight is 340 g/mol. The van der Waals surface area contributed by atoms with Crippen LogP contribution in [0.5, 0.6) is 0 Å². The van der Waals surface area contributed by atoms with Crippen molar-refractivity contribution in [1.29, 1.82) is 0 Å². The van der Waals surface area contributed by atoms with Crippen molar-refractivity contribution in [3.05, 3.63) is 63.6 Å². The van der Waals surface area contributed by atoms with Gasteiger partial charge in [-0.05, 0) is 23.8 Å². The first kappa shape index (κ1) is 13.9. The number of amides is 2. The molecule has 0 saturated heterocycles. The van der Waals surface area contributed by atoms with Gasteiger partial charge in [0, 0.05) is 11.0 Å². The summed E-state index contributed by atoms with van der Waals surface area (Å²) in [5.74, 6) is 0. The highest BCUT2D eigenvalue weighted by molar-refractivity contribution is 9.10. The van der Waals surface area contributed by atoms with Crippen LogP contribution in [0.1, 0.15) is 5.56 Å². The maximum atomic E-state index is 11.8. The van der Waals surface area contributed by atoms with E-state index >= 15 is 0 Å². The molecular weight excluding hydrogens is 328 g/mol. The number of halogens is 2. The topological polar surface area (TPSA) is 41.1 Å². The summed E-state index contributed by atoms with van der Waals surface area (Å²) in [5.41, 5.74) is 1.61. The van der Waals surface area contributed by atoms with E-state index in [0.29, 0.717) is 17.3 Å². The minimum absolute atomic E-state index is 0.288. The van der Waals surface area contributed by atoms with Crippen LogP contribution in [0.25, 0.3) is 0 Å². The zero-order valence-electron chi connectivity index (χ0n) is 9.99. The fourth-order valence-electron chi connectivity index (χ4n) is 1.54. The lowest BCUT2D eigenvalue weighted by molar-refractivity contribution is 0.251. The number of nitrogens with one attached hydrogen (secondary N) is 2.